The number of halogens is 1. The van der Waals surface area contributed by atoms with Crippen molar-refractivity contribution in [2.24, 2.45) is 0 Å². The molecule has 0 saturated carbocycles. The van der Waals surface area contributed by atoms with E-state index in [-0.39, 0.29) is 5.91 Å². The lowest BCUT2D eigenvalue weighted by Gasteiger charge is -2.21. The fraction of sp³-hybridized carbons (Fsp3) is 0.389. The third-order valence-corrected chi connectivity index (χ3v) is 5.41. The van der Waals surface area contributed by atoms with Gasteiger partial charge in [-0.15, -0.1) is 0 Å². The van der Waals surface area contributed by atoms with Crippen molar-refractivity contribution in [2.75, 3.05) is 32.1 Å². The number of rotatable bonds is 7. The molecule has 0 fully saturated rings. The molecule has 0 saturated heterocycles. The summed E-state index contributed by atoms with van der Waals surface area (Å²) in [5.74, 6) is -0.0849. The first-order chi connectivity index (χ1) is 12.5. The van der Waals surface area contributed by atoms with Gasteiger partial charge in [0.2, 0.25) is 0 Å². The molecule has 0 aliphatic carbocycles. The molecule has 0 radical (unpaired) electrons. The minimum atomic E-state index is -0.0849. The first-order valence-corrected chi connectivity index (χ1v) is 9.74. The monoisotopic (exact) mass is 391 g/mol. The Morgan fingerprint density at radius 3 is 2.77 bits per heavy atom. The van der Waals surface area contributed by atoms with E-state index in [2.05, 4.69) is 15.0 Å². The van der Waals surface area contributed by atoms with Gasteiger partial charge >= 0.3 is 0 Å². The van der Waals surface area contributed by atoms with Crippen molar-refractivity contribution in [1.82, 2.24) is 19.7 Å². The number of carbonyl (C=O) groups is 1. The van der Waals surface area contributed by atoms with E-state index in [1.165, 1.54) is 11.3 Å². The summed E-state index contributed by atoms with van der Waals surface area (Å²) < 4.78 is 2.68. The van der Waals surface area contributed by atoms with E-state index >= 15 is 0 Å². The second-order valence-corrected chi connectivity index (χ2v) is 7.65. The molecule has 6 nitrogen and oxygen atoms in total. The molecule has 0 bridgehead atoms. The van der Waals surface area contributed by atoms with Crippen LogP contribution in [0.3, 0.4) is 0 Å². The topological polar surface area (TPSA) is 54.3 Å². The van der Waals surface area contributed by atoms with Gasteiger partial charge in [-0.3, -0.25) is 14.4 Å². The molecular weight excluding hydrogens is 370 g/mol. The molecule has 3 rings (SSSR count). The van der Waals surface area contributed by atoms with Crippen LogP contribution in [0.15, 0.2) is 30.5 Å². The molecule has 1 amide bonds. The van der Waals surface area contributed by atoms with Crippen LogP contribution >= 0.6 is 22.9 Å². The number of anilines is 1. The predicted octanol–water partition coefficient (Wildman–Crippen LogP) is 3.76. The van der Waals surface area contributed by atoms with Crippen LogP contribution in [0.1, 0.15) is 23.8 Å². The second-order valence-electron chi connectivity index (χ2n) is 6.23. The summed E-state index contributed by atoms with van der Waals surface area (Å²) in [5, 5.41) is 5.49. The van der Waals surface area contributed by atoms with E-state index in [0.717, 1.165) is 23.2 Å². The molecule has 8 heteroatoms. The summed E-state index contributed by atoms with van der Waals surface area (Å²) in [6, 6.07) is 7.45. The Balaban J connectivity index is 1.96. The summed E-state index contributed by atoms with van der Waals surface area (Å²) in [4.78, 5) is 21.7. The van der Waals surface area contributed by atoms with Gasteiger partial charge in [0.15, 0.2) is 5.13 Å². The minimum Gasteiger partial charge on any atom is -0.309 e. The average Bonchev–Trinajstić information content (AvgIpc) is 3.25. The zero-order chi connectivity index (χ0) is 18.7. The second kappa shape index (κ2) is 8.16. The van der Waals surface area contributed by atoms with Crippen molar-refractivity contribution >= 4 is 44.2 Å². The molecular formula is C18H22ClN5OS. The van der Waals surface area contributed by atoms with Gasteiger partial charge in [0.05, 0.1) is 9.72 Å². The third-order valence-electron chi connectivity index (χ3n) is 4.06. The molecule has 2 heterocycles. The largest absolute Gasteiger partial charge is 0.309 e. The van der Waals surface area contributed by atoms with Gasteiger partial charge in [-0.2, -0.15) is 5.10 Å². The van der Waals surface area contributed by atoms with Crippen LogP contribution < -0.4 is 4.90 Å². The Hall–Kier alpha value is -1.96. The molecule has 1 aromatic carbocycles. The van der Waals surface area contributed by atoms with E-state index < -0.39 is 0 Å². The lowest BCUT2D eigenvalue weighted by molar-refractivity contribution is 0.0975. The van der Waals surface area contributed by atoms with Crippen LogP contribution in [0.5, 0.6) is 0 Å². The lowest BCUT2D eigenvalue weighted by atomic mass is 10.3. The zero-order valence-electron chi connectivity index (χ0n) is 15.1. The molecule has 0 atom stereocenters. The molecule has 26 heavy (non-hydrogen) atoms. The highest BCUT2D eigenvalue weighted by Crippen LogP contribution is 2.33. The number of hydrogen-bond acceptors (Lipinski definition) is 5. The van der Waals surface area contributed by atoms with Gasteiger partial charge in [0, 0.05) is 19.3 Å². The molecule has 2 aromatic heterocycles. The molecule has 0 unspecified atom stereocenters. The summed E-state index contributed by atoms with van der Waals surface area (Å²) >= 11 is 7.75. The van der Waals surface area contributed by atoms with Gasteiger partial charge in [0.25, 0.3) is 5.91 Å². The third kappa shape index (κ3) is 3.90. The van der Waals surface area contributed by atoms with Crippen molar-refractivity contribution < 1.29 is 4.79 Å². The van der Waals surface area contributed by atoms with E-state index in [1.54, 1.807) is 21.8 Å². The number of amides is 1. The fourth-order valence-electron chi connectivity index (χ4n) is 2.75. The number of aromatic nitrogens is 3. The van der Waals surface area contributed by atoms with E-state index in [4.69, 9.17) is 11.6 Å². The highest BCUT2D eigenvalue weighted by atomic mass is 35.5. The number of hydrogen-bond donors (Lipinski definition) is 0. The summed E-state index contributed by atoms with van der Waals surface area (Å²) in [6.45, 7) is 4.09. The van der Waals surface area contributed by atoms with Gasteiger partial charge in [-0.25, -0.2) is 4.98 Å². The van der Waals surface area contributed by atoms with Gasteiger partial charge in [0.1, 0.15) is 11.2 Å². The van der Waals surface area contributed by atoms with Crippen LogP contribution in [-0.2, 0) is 6.54 Å². The summed E-state index contributed by atoms with van der Waals surface area (Å²) in [5.41, 5.74) is 1.31. The number of para-hydroxylation sites is 1. The molecule has 0 aliphatic rings. The molecule has 3 aromatic rings. The Morgan fingerprint density at radius 2 is 2.08 bits per heavy atom. The van der Waals surface area contributed by atoms with Crippen LogP contribution in [-0.4, -0.2) is 52.8 Å². The van der Waals surface area contributed by atoms with Crippen molar-refractivity contribution in [2.45, 2.75) is 19.9 Å². The SMILES string of the molecule is CCn1nccc1C(=O)N(CCCN(C)C)c1nc2c(Cl)cccc2s1. The van der Waals surface area contributed by atoms with Crippen LogP contribution in [0, 0.1) is 0 Å². The van der Waals surface area contributed by atoms with Crippen LogP contribution in [0.25, 0.3) is 10.2 Å². The quantitative estimate of drug-likeness (QED) is 0.615. The number of aryl methyl sites for hydroxylation is 1. The maximum atomic E-state index is 13.2. The zero-order valence-corrected chi connectivity index (χ0v) is 16.7. The van der Waals surface area contributed by atoms with Crippen molar-refractivity contribution in [3.8, 4) is 0 Å². The molecule has 0 N–H and O–H groups in total. The standard InChI is InChI=1S/C18H22ClN5OS/c1-4-24-14(9-10-20-24)17(25)23(12-6-11-22(2)3)18-21-16-13(19)7-5-8-15(16)26-18/h5,7-10H,4,6,11-12H2,1-3H3. The normalized spacial score (nSPS) is 11.4. The highest BCUT2D eigenvalue weighted by molar-refractivity contribution is 7.22. The number of nitrogens with zero attached hydrogens (tertiary/aromatic N) is 5. The van der Waals surface area contributed by atoms with E-state index in [9.17, 15) is 4.79 Å². The number of thiazole rings is 1. The Morgan fingerprint density at radius 1 is 1.27 bits per heavy atom. The van der Waals surface area contributed by atoms with Crippen molar-refractivity contribution in [1.29, 1.82) is 0 Å². The average molecular weight is 392 g/mol. The Kier molecular flexibility index (Phi) is 5.90. The molecule has 0 spiro atoms. The summed E-state index contributed by atoms with van der Waals surface area (Å²) in [7, 11) is 4.05. The van der Waals surface area contributed by atoms with Gasteiger partial charge < -0.3 is 4.90 Å². The molecule has 138 valence electrons. The number of fused-ring (bicyclic) bond motifs is 1. The first kappa shape index (κ1) is 18.8. The molecule has 0 aliphatic heterocycles. The van der Waals surface area contributed by atoms with Crippen LogP contribution in [0.2, 0.25) is 5.02 Å². The fourth-order valence-corrected chi connectivity index (χ4v) is 4.04. The van der Waals surface area contributed by atoms with Crippen molar-refractivity contribution in [3.63, 3.8) is 0 Å². The minimum absolute atomic E-state index is 0.0849. The smallest absolute Gasteiger partial charge is 0.278 e. The van der Waals surface area contributed by atoms with E-state index in [0.29, 0.717) is 28.9 Å². The Labute approximate surface area is 162 Å². The lowest BCUT2D eigenvalue weighted by Crippen LogP contribution is -2.34. The van der Waals surface area contributed by atoms with E-state index in [1.807, 2.05) is 39.2 Å². The summed E-state index contributed by atoms with van der Waals surface area (Å²) in [6.07, 6.45) is 2.51. The van der Waals surface area contributed by atoms with Crippen molar-refractivity contribution in [3.05, 3.63) is 41.2 Å². The highest BCUT2D eigenvalue weighted by Gasteiger charge is 2.24. The van der Waals surface area contributed by atoms with Gasteiger partial charge in [-0.05, 0) is 52.2 Å². The maximum Gasteiger partial charge on any atom is 0.278 e. The first-order valence-electron chi connectivity index (χ1n) is 8.54. The van der Waals surface area contributed by atoms with Crippen LogP contribution in [0.4, 0.5) is 5.13 Å². The maximum absolute atomic E-state index is 13.2. The number of benzene rings is 1. The van der Waals surface area contributed by atoms with Gasteiger partial charge in [-0.1, -0.05) is 29.0 Å². The number of carbonyl (C=O) groups excluding carboxylic acids is 1. The Bertz CT molecular complexity index is 904. The predicted molar refractivity (Wildman–Crippen MR) is 107 cm³/mol.